The van der Waals surface area contributed by atoms with Crippen molar-refractivity contribution in [3.63, 3.8) is 0 Å². The maximum atomic E-state index is 13.1. The van der Waals surface area contributed by atoms with E-state index in [9.17, 15) is 14.7 Å². The first-order valence-electron chi connectivity index (χ1n) is 13.6. The second kappa shape index (κ2) is 11.7. The predicted molar refractivity (Wildman–Crippen MR) is 145 cm³/mol. The predicted octanol–water partition coefficient (Wildman–Crippen LogP) is 4.50. The van der Waals surface area contributed by atoms with E-state index in [1.54, 1.807) is 7.11 Å². The third kappa shape index (κ3) is 6.01. The molecule has 0 aromatic heterocycles. The summed E-state index contributed by atoms with van der Waals surface area (Å²) in [5.74, 6) is 0.464. The molecule has 0 bridgehead atoms. The number of para-hydroxylation sites is 1. The van der Waals surface area contributed by atoms with Crippen molar-refractivity contribution >= 4 is 11.8 Å². The molecular formula is C31H42N2O4. The molecule has 2 amide bonds. The van der Waals surface area contributed by atoms with Gasteiger partial charge in [0.25, 0.3) is 0 Å². The number of aliphatic hydroxyl groups excluding tert-OH is 1. The molecule has 0 radical (unpaired) electrons. The highest BCUT2D eigenvalue weighted by Crippen LogP contribution is 2.55. The topological polar surface area (TPSA) is 87.7 Å². The Morgan fingerprint density at radius 3 is 2.49 bits per heavy atom. The van der Waals surface area contributed by atoms with Crippen molar-refractivity contribution in [3.8, 4) is 5.75 Å². The van der Waals surface area contributed by atoms with E-state index in [1.165, 1.54) is 0 Å². The van der Waals surface area contributed by atoms with E-state index in [2.05, 4.69) is 24.5 Å². The van der Waals surface area contributed by atoms with Crippen LogP contribution in [0.4, 0.5) is 0 Å². The van der Waals surface area contributed by atoms with Gasteiger partial charge < -0.3 is 20.5 Å². The molecule has 0 spiro atoms. The number of methoxy groups -OCH3 is 1. The van der Waals surface area contributed by atoms with E-state index >= 15 is 0 Å². The molecule has 2 fully saturated rings. The van der Waals surface area contributed by atoms with Gasteiger partial charge in [-0.3, -0.25) is 9.59 Å². The Kier molecular flexibility index (Phi) is 8.58. The van der Waals surface area contributed by atoms with Crippen LogP contribution in [0.2, 0.25) is 0 Å². The number of ether oxygens (including phenoxy) is 1. The van der Waals surface area contributed by atoms with Gasteiger partial charge in [-0.15, -0.1) is 0 Å². The zero-order chi connectivity index (χ0) is 26.6. The summed E-state index contributed by atoms with van der Waals surface area (Å²) in [6.07, 6.45) is 3.47. The summed E-state index contributed by atoms with van der Waals surface area (Å²) in [4.78, 5) is 26.0. The van der Waals surface area contributed by atoms with Crippen molar-refractivity contribution in [2.45, 2.75) is 71.6 Å². The lowest BCUT2D eigenvalue weighted by Gasteiger charge is -2.56. The number of hydrogen-bond acceptors (Lipinski definition) is 4. The summed E-state index contributed by atoms with van der Waals surface area (Å²) in [6, 6.07) is 17.5. The molecule has 37 heavy (non-hydrogen) atoms. The van der Waals surface area contributed by atoms with Crippen LogP contribution in [0.25, 0.3) is 0 Å². The highest BCUT2D eigenvalue weighted by molar-refractivity contribution is 5.79. The number of nitrogens with one attached hydrogen (secondary N) is 2. The van der Waals surface area contributed by atoms with Crippen molar-refractivity contribution in [1.29, 1.82) is 0 Å². The van der Waals surface area contributed by atoms with Gasteiger partial charge in [0, 0.05) is 24.1 Å². The summed E-state index contributed by atoms with van der Waals surface area (Å²) in [6.45, 7) is 6.76. The lowest BCUT2D eigenvalue weighted by atomic mass is 9.51. The van der Waals surface area contributed by atoms with Crippen LogP contribution in [0.3, 0.4) is 0 Å². The number of benzene rings is 2. The smallest absolute Gasteiger partial charge is 0.224 e. The van der Waals surface area contributed by atoms with Gasteiger partial charge in [-0.2, -0.15) is 0 Å². The van der Waals surface area contributed by atoms with Gasteiger partial charge in [0.2, 0.25) is 11.8 Å². The molecule has 6 nitrogen and oxygen atoms in total. The van der Waals surface area contributed by atoms with Crippen LogP contribution in [-0.4, -0.2) is 36.2 Å². The summed E-state index contributed by atoms with van der Waals surface area (Å²) in [5, 5.41) is 18.0. The van der Waals surface area contributed by atoms with E-state index in [0.717, 1.165) is 42.6 Å². The summed E-state index contributed by atoms with van der Waals surface area (Å²) < 4.78 is 5.40. The molecule has 4 rings (SSSR count). The Morgan fingerprint density at radius 2 is 1.76 bits per heavy atom. The number of fused-ring (bicyclic) bond motifs is 1. The minimum atomic E-state index is -0.588. The third-order valence-corrected chi connectivity index (χ3v) is 9.14. The van der Waals surface area contributed by atoms with Gasteiger partial charge in [-0.25, -0.2) is 0 Å². The van der Waals surface area contributed by atoms with Crippen molar-refractivity contribution in [1.82, 2.24) is 10.6 Å². The van der Waals surface area contributed by atoms with Crippen molar-refractivity contribution < 1.29 is 19.4 Å². The summed E-state index contributed by atoms with van der Waals surface area (Å²) in [5.41, 5.74) is 1.94. The number of amides is 2. The van der Waals surface area contributed by atoms with E-state index < -0.39 is 6.10 Å². The van der Waals surface area contributed by atoms with Gasteiger partial charge in [0.1, 0.15) is 5.75 Å². The van der Waals surface area contributed by atoms with Crippen LogP contribution in [0.5, 0.6) is 5.75 Å². The highest BCUT2D eigenvalue weighted by atomic mass is 16.5. The molecule has 6 heteroatoms. The number of carbonyl (C=O) groups excluding carboxylic acids is 2. The van der Waals surface area contributed by atoms with Gasteiger partial charge in [0.15, 0.2) is 0 Å². The molecule has 200 valence electrons. The van der Waals surface area contributed by atoms with Crippen LogP contribution in [-0.2, 0) is 22.6 Å². The second-order valence-corrected chi connectivity index (χ2v) is 11.4. The fourth-order valence-electron chi connectivity index (χ4n) is 6.92. The van der Waals surface area contributed by atoms with Gasteiger partial charge in [0.05, 0.1) is 19.6 Å². The zero-order valence-corrected chi connectivity index (χ0v) is 22.6. The van der Waals surface area contributed by atoms with E-state index in [4.69, 9.17) is 4.74 Å². The molecule has 7 atom stereocenters. The first-order valence-corrected chi connectivity index (χ1v) is 13.6. The number of hydrogen-bond donors (Lipinski definition) is 3. The normalized spacial score (nSPS) is 30.0. The lowest BCUT2D eigenvalue weighted by Crippen LogP contribution is -2.58. The van der Waals surface area contributed by atoms with Crippen LogP contribution >= 0.6 is 0 Å². The largest absolute Gasteiger partial charge is 0.496 e. The van der Waals surface area contributed by atoms with Crippen LogP contribution < -0.4 is 15.4 Å². The maximum absolute atomic E-state index is 13.1. The minimum Gasteiger partial charge on any atom is -0.496 e. The van der Waals surface area contributed by atoms with E-state index in [1.807, 2.05) is 61.5 Å². The average Bonchev–Trinajstić information content (AvgIpc) is 2.89. The van der Waals surface area contributed by atoms with Crippen molar-refractivity contribution in [2.75, 3.05) is 7.11 Å². The molecule has 2 aromatic carbocycles. The fraction of sp³-hybridized carbons (Fsp3) is 0.548. The first kappa shape index (κ1) is 27.2. The van der Waals surface area contributed by atoms with Gasteiger partial charge in [-0.1, -0.05) is 69.3 Å². The maximum Gasteiger partial charge on any atom is 0.224 e. The van der Waals surface area contributed by atoms with Crippen molar-refractivity contribution in [3.05, 3.63) is 65.7 Å². The Bertz CT molecular complexity index is 1070. The second-order valence-electron chi connectivity index (χ2n) is 11.4. The highest BCUT2D eigenvalue weighted by Gasteiger charge is 2.53. The average molecular weight is 507 g/mol. The number of carbonyl (C=O) groups is 2. The first-order chi connectivity index (χ1) is 17.7. The Morgan fingerprint density at radius 1 is 1.08 bits per heavy atom. The Balaban J connectivity index is 1.39. The SMILES string of the molecule is COc1ccccc1CNC(=O)[C@@H](C)C1CC[C@@]2(C)CC[C@H](NC(=O)Cc3ccccc3)[C@@H](C)[C@@H]2[C@H]1O. The molecule has 2 aliphatic rings. The van der Waals surface area contributed by atoms with Gasteiger partial charge in [-0.05, 0) is 60.5 Å². The van der Waals surface area contributed by atoms with Gasteiger partial charge >= 0.3 is 0 Å². The quantitative estimate of drug-likeness (QED) is 0.492. The van der Waals surface area contributed by atoms with Crippen LogP contribution in [0.1, 0.15) is 57.6 Å². The molecule has 3 N–H and O–H groups in total. The molecular weight excluding hydrogens is 464 g/mol. The van der Waals surface area contributed by atoms with Crippen LogP contribution in [0, 0.1) is 29.1 Å². The molecule has 1 unspecified atom stereocenters. The molecule has 0 heterocycles. The number of aliphatic hydroxyl groups is 1. The lowest BCUT2D eigenvalue weighted by molar-refractivity contribution is -0.143. The van der Waals surface area contributed by atoms with Crippen molar-refractivity contribution in [2.24, 2.45) is 29.1 Å². The summed E-state index contributed by atoms with van der Waals surface area (Å²) in [7, 11) is 1.63. The molecule has 2 aliphatic carbocycles. The van der Waals surface area contributed by atoms with E-state index in [0.29, 0.717) is 13.0 Å². The summed E-state index contributed by atoms with van der Waals surface area (Å²) >= 11 is 0. The van der Waals surface area contributed by atoms with Crippen LogP contribution in [0.15, 0.2) is 54.6 Å². The van der Waals surface area contributed by atoms with E-state index in [-0.39, 0.29) is 46.9 Å². The standard InChI is InChI=1S/C31H42N2O4/c1-20(30(36)32-19-23-12-8-9-13-26(23)37-4)24-14-16-31(3)17-15-25(21(2)28(31)29(24)35)33-27(34)18-22-10-6-5-7-11-22/h5-13,20-21,24-25,28-29,35H,14-19H2,1-4H3,(H,32,36)(H,33,34)/t20-,21+,24?,25-,28+,29-,31-/m0/s1. The zero-order valence-electron chi connectivity index (χ0n) is 22.6. The molecule has 2 saturated carbocycles. The Hall–Kier alpha value is -2.86. The molecule has 0 aliphatic heterocycles. The molecule has 0 saturated heterocycles. The number of rotatable bonds is 8. The fourth-order valence-corrected chi connectivity index (χ4v) is 6.92. The monoisotopic (exact) mass is 506 g/mol. The Labute approximate surface area is 221 Å². The molecule has 2 aromatic rings. The minimum absolute atomic E-state index is 0.0175. The third-order valence-electron chi connectivity index (χ3n) is 9.14.